The molecule has 1 atom stereocenters. The number of hydrogen-bond acceptors (Lipinski definition) is 2. The molecule has 0 bridgehead atoms. The Hall–Kier alpha value is -2.08. The second kappa shape index (κ2) is 8.15. The molecule has 0 saturated carbocycles. The molecule has 1 aliphatic rings. The van der Waals surface area contributed by atoms with Gasteiger partial charge in [0.05, 0.1) is 6.54 Å². The van der Waals surface area contributed by atoms with Crippen LogP contribution in [-0.2, 0) is 0 Å². The first kappa shape index (κ1) is 16.8. The Kier molecular flexibility index (Phi) is 5.69. The van der Waals surface area contributed by atoms with E-state index >= 15 is 0 Å². The molecule has 1 fully saturated rings. The zero-order valence-electron chi connectivity index (χ0n) is 13.5. The van der Waals surface area contributed by atoms with Gasteiger partial charge < -0.3 is 0 Å². The van der Waals surface area contributed by atoms with Crippen molar-refractivity contribution in [3.8, 4) is 11.8 Å². The lowest BCUT2D eigenvalue weighted by Crippen LogP contribution is -2.38. The molecular formula is C21H20ClNO. The number of nitrogens with zero attached hydrogens (tertiary/aromatic N) is 1. The van der Waals surface area contributed by atoms with Gasteiger partial charge in [-0.2, -0.15) is 0 Å². The van der Waals surface area contributed by atoms with E-state index in [9.17, 15) is 4.79 Å². The number of likely N-dealkylation sites (tertiary alicyclic amines) is 1. The summed E-state index contributed by atoms with van der Waals surface area (Å²) < 4.78 is 0. The number of rotatable bonds is 3. The number of benzene rings is 2. The van der Waals surface area contributed by atoms with Crippen molar-refractivity contribution in [3.05, 3.63) is 70.7 Å². The first-order valence-corrected chi connectivity index (χ1v) is 8.66. The summed E-state index contributed by atoms with van der Waals surface area (Å²) in [4.78, 5) is 14.9. The van der Waals surface area contributed by atoms with Crippen LogP contribution in [0.3, 0.4) is 0 Å². The van der Waals surface area contributed by atoms with Crippen molar-refractivity contribution >= 4 is 17.4 Å². The SMILES string of the molecule is O=C(c1cccc(Cl)c1)[C@@H]1CCCN(CC#Cc2ccccc2)C1. The van der Waals surface area contributed by atoms with E-state index in [0.29, 0.717) is 17.1 Å². The van der Waals surface area contributed by atoms with Crippen LogP contribution >= 0.6 is 11.6 Å². The summed E-state index contributed by atoms with van der Waals surface area (Å²) in [6.07, 6.45) is 1.97. The van der Waals surface area contributed by atoms with Crippen LogP contribution in [0.4, 0.5) is 0 Å². The maximum absolute atomic E-state index is 12.7. The van der Waals surface area contributed by atoms with Crippen LogP contribution in [0.2, 0.25) is 5.02 Å². The summed E-state index contributed by atoms with van der Waals surface area (Å²) in [6.45, 7) is 2.48. The Balaban J connectivity index is 1.60. The van der Waals surface area contributed by atoms with Gasteiger partial charge in [0.2, 0.25) is 0 Å². The summed E-state index contributed by atoms with van der Waals surface area (Å²) in [7, 11) is 0. The molecule has 1 saturated heterocycles. The predicted octanol–water partition coefficient (Wildman–Crippen LogP) is 4.29. The number of carbonyl (C=O) groups excluding carboxylic acids is 1. The van der Waals surface area contributed by atoms with Crippen molar-refractivity contribution in [2.24, 2.45) is 5.92 Å². The fraction of sp³-hybridized carbons (Fsp3) is 0.286. The molecular weight excluding hydrogens is 318 g/mol. The normalized spacial score (nSPS) is 17.8. The third kappa shape index (κ3) is 4.47. The molecule has 0 aromatic heterocycles. The van der Waals surface area contributed by atoms with Crippen LogP contribution in [0.5, 0.6) is 0 Å². The van der Waals surface area contributed by atoms with Crippen molar-refractivity contribution in [2.75, 3.05) is 19.6 Å². The van der Waals surface area contributed by atoms with Gasteiger partial charge >= 0.3 is 0 Å². The minimum atomic E-state index is 0.0377. The molecule has 1 aliphatic heterocycles. The standard InChI is InChI=1S/C21H20ClNO/c22-20-12-4-10-18(15-20)21(24)19-11-6-14-23(16-19)13-5-9-17-7-2-1-3-8-17/h1-4,7-8,10,12,15,19H,6,11,13-14,16H2/t19-/m1/s1. The molecule has 2 aromatic rings. The lowest BCUT2D eigenvalue weighted by atomic mass is 9.90. The van der Waals surface area contributed by atoms with Gasteiger partial charge in [0.25, 0.3) is 0 Å². The van der Waals surface area contributed by atoms with Crippen LogP contribution in [0.1, 0.15) is 28.8 Å². The first-order valence-electron chi connectivity index (χ1n) is 8.28. The van der Waals surface area contributed by atoms with Gasteiger partial charge in [-0.25, -0.2) is 0 Å². The molecule has 0 amide bonds. The summed E-state index contributed by atoms with van der Waals surface area (Å²) in [5.74, 6) is 6.63. The Bertz CT molecular complexity index is 760. The zero-order valence-corrected chi connectivity index (χ0v) is 14.3. The van der Waals surface area contributed by atoms with Crippen molar-refractivity contribution in [2.45, 2.75) is 12.8 Å². The number of Topliss-reactive ketones (excluding diaryl/α,β-unsaturated/α-hetero) is 1. The number of piperidine rings is 1. The lowest BCUT2D eigenvalue weighted by Gasteiger charge is -2.30. The fourth-order valence-electron chi connectivity index (χ4n) is 3.07. The van der Waals surface area contributed by atoms with E-state index in [0.717, 1.165) is 31.5 Å². The average molecular weight is 338 g/mol. The monoisotopic (exact) mass is 337 g/mol. The molecule has 2 aromatic carbocycles. The largest absolute Gasteiger partial charge is 0.294 e. The highest BCUT2D eigenvalue weighted by molar-refractivity contribution is 6.31. The van der Waals surface area contributed by atoms with Gasteiger partial charge in [0.1, 0.15) is 0 Å². The number of ketones is 1. The predicted molar refractivity (Wildman–Crippen MR) is 98.3 cm³/mol. The third-order valence-corrected chi connectivity index (χ3v) is 4.53. The molecule has 2 nitrogen and oxygen atoms in total. The van der Waals surface area contributed by atoms with Gasteiger partial charge in [-0.3, -0.25) is 9.69 Å². The van der Waals surface area contributed by atoms with Gasteiger partial charge in [0, 0.05) is 28.6 Å². The van der Waals surface area contributed by atoms with Crippen LogP contribution in [0.15, 0.2) is 54.6 Å². The van der Waals surface area contributed by atoms with Crippen molar-refractivity contribution in [1.82, 2.24) is 4.90 Å². The Labute approximate surface area is 148 Å². The highest BCUT2D eigenvalue weighted by Crippen LogP contribution is 2.22. The third-order valence-electron chi connectivity index (χ3n) is 4.29. The Morgan fingerprint density at radius 3 is 2.79 bits per heavy atom. The minimum Gasteiger partial charge on any atom is -0.294 e. The second-order valence-electron chi connectivity index (χ2n) is 6.12. The van der Waals surface area contributed by atoms with Crippen LogP contribution < -0.4 is 0 Å². The quantitative estimate of drug-likeness (QED) is 0.615. The van der Waals surface area contributed by atoms with E-state index < -0.39 is 0 Å². The van der Waals surface area contributed by atoms with Gasteiger partial charge in [-0.1, -0.05) is 53.8 Å². The molecule has 0 radical (unpaired) electrons. The van der Waals surface area contributed by atoms with Gasteiger partial charge in [0.15, 0.2) is 5.78 Å². The molecule has 3 rings (SSSR count). The van der Waals surface area contributed by atoms with E-state index in [1.807, 2.05) is 42.5 Å². The topological polar surface area (TPSA) is 20.3 Å². The zero-order chi connectivity index (χ0) is 16.8. The summed E-state index contributed by atoms with van der Waals surface area (Å²) >= 11 is 6.00. The lowest BCUT2D eigenvalue weighted by molar-refractivity contribution is 0.0833. The van der Waals surface area contributed by atoms with Gasteiger partial charge in [-0.15, -0.1) is 0 Å². The minimum absolute atomic E-state index is 0.0377. The van der Waals surface area contributed by atoms with E-state index in [4.69, 9.17) is 11.6 Å². The highest BCUT2D eigenvalue weighted by Gasteiger charge is 2.26. The van der Waals surface area contributed by atoms with E-state index in [2.05, 4.69) is 16.7 Å². The molecule has 0 N–H and O–H groups in total. The number of hydrogen-bond donors (Lipinski definition) is 0. The average Bonchev–Trinajstić information content (AvgIpc) is 2.62. The van der Waals surface area contributed by atoms with E-state index in [1.54, 1.807) is 12.1 Å². The van der Waals surface area contributed by atoms with Crippen LogP contribution in [0.25, 0.3) is 0 Å². The van der Waals surface area contributed by atoms with Crippen LogP contribution in [0, 0.1) is 17.8 Å². The summed E-state index contributed by atoms with van der Waals surface area (Å²) in [5.41, 5.74) is 1.74. The molecule has 0 spiro atoms. The summed E-state index contributed by atoms with van der Waals surface area (Å²) in [5, 5.41) is 0.613. The smallest absolute Gasteiger partial charge is 0.167 e. The van der Waals surface area contributed by atoms with Crippen LogP contribution in [-0.4, -0.2) is 30.3 Å². The first-order chi connectivity index (χ1) is 11.7. The molecule has 0 unspecified atom stereocenters. The molecule has 24 heavy (non-hydrogen) atoms. The fourth-order valence-corrected chi connectivity index (χ4v) is 3.26. The summed E-state index contributed by atoms with van der Waals surface area (Å²) in [6, 6.07) is 17.2. The Morgan fingerprint density at radius 2 is 2.00 bits per heavy atom. The van der Waals surface area contributed by atoms with Crippen molar-refractivity contribution in [3.63, 3.8) is 0 Å². The maximum atomic E-state index is 12.7. The number of carbonyl (C=O) groups is 1. The molecule has 0 aliphatic carbocycles. The second-order valence-corrected chi connectivity index (χ2v) is 6.55. The highest BCUT2D eigenvalue weighted by atomic mass is 35.5. The maximum Gasteiger partial charge on any atom is 0.167 e. The molecule has 1 heterocycles. The van der Waals surface area contributed by atoms with Crippen molar-refractivity contribution in [1.29, 1.82) is 0 Å². The molecule has 122 valence electrons. The molecule has 3 heteroatoms. The van der Waals surface area contributed by atoms with E-state index in [-0.39, 0.29) is 11.7 Å². The van der Waals surface area contributed by atoms with Gasteiger partial charge in [-0.05, 0) is 43.7 Å². The van der Waals surface area contributed by atoms with Crippen molar-refractivity contribution < 1.29 is 4.79 Å². The van der Waals surface area contributed by atoms with E-state index in [1.165, 1.54) is 0 Å². The Morgan fingerprint density at radius 1 is 1.17 bits per heavy atom. The number of halogens is 1.